The van der Waals surface area contributed by atoms with Crippen LogP contribution in [-0.4, -0.2) is 29.9 Å². The Labute approximate surface area is 172 Å². The molecule has 0 bridgehead atoms. The molecular weight excluding hydrogens is 386 g/mol. The average Bonchev–Trinajstić information content (AvgIpc) is 2.77. The van der Waals surface area contributed by atoms with Crippen molar-refractivity contribution in [3.8, 4) is 5.75 Å². The van der Waals surface area contributed by atoms with Gasteiger partial charge in [0.1, 0.15) is 12.4 Å². The molecule has 0 spiro atoms. The van der Waals surface area contributed by atoms with Crippen LogP contribution >= 0.6 is 0 Å². The summed E-state index contributed by atoms with van der Waals surface area (Å²) in [4.78, 5) is 35.4. The number of nitrogens with one attached hydrogen (secondary N) is 2. The largest absolute Gasteiger partial charge is 0.492 e. The van der Waals surface area contributed by atoms with E-state index in [1.54, 1.807) is 24.3 Å². The third kappa shape index (κ3) is 5.41. The number of benzene rings is 3. The average molecular weight is 405 g/mol. The SMILES string of the molecule is O=C(Nc1ccccc1C(=O)NCCOc1ccccc1)c1cccc([N+](=O)[O-])c1. The van der Waals surface area contributed by atoms with Gasteiger partial charge in [0.15, 0.2) is 0 Å². The molecular formula is C22H19N3O5. The van der Waals surface area contributed by atoms with E-state index in [2.05, 4.69) is 10.6 Å². The van der Waals surface area contributed by atoms with Gasteiger partial charge in [-0.25, -0.2) is 0 Å². The van der Waals surface area contributed by atoms with Gasteiger partial charge in [-0.1, -0.05) is 36.4 Å². The molecule has 0 saturated heterocycles. The second-order valence-electron chi connectivity index (χ2n) is 6.22. The molecule has 0 heterocycles. The third-order valence-electron chi connectivity index (χ3n) is 4.14. The highest BCUT2D eigenvalue weighted by molar-refractivity contribution is 6.09. The Morgan fingerprint density at radius 2 is 1.63 bits per heavy atom. The van der Waals surface area contributed by atoms with Crippen LogP contribution in [0.3, 0.4) is 0 Å². The van der Waals surface area contributed by atoms with E-state index in [1.165, 1.54) is 24.3 Å². The van der Waals surface area contributed by atoms with Crippen molar-refractivity contribution in [1.82, 2.24) is 5.32 Å². The Balaban J connectivity index is 1.62. The van der Waals surface area contributed by atoms with E-state index >= 15 is 0 Å². The monoisotopic (exact) mass is 405 g/mol. The van der Waals surface area contributed by atoms with Crippen molar-refractivity contribution in [2.45, 2.75) is 0 Å². The smallest absolute Gasteiger partial charge is 0.270 e. The van der Waals surface area contributed by atoms with Crippen molar-refractivity contribution >= 4 is 23.2 Å². The predicted molar refractivity (Wildman–Crippen MR) is 112 cm³/mol. The van der Waals surface area contributed by atoms with E-state index in [0.29, 0.717) is 11.4 Å². The summed E-state index contributed by atoms with van der Waals surface area (Å²) < 4.78 is 5.54. The highest BCUT2D eigenvalue weighted by Gasteiger charge is 2.15. The molecule has 0 aromatic heterocycles. The molecule has 3 aromatic rings. The summed E-state index contributed by atoms with van der Waals surface area (Å²) in [5.74, 6) is -0.218. The second-order valence-corrected chi connectivity index (χ2v) is 6.22. The molecule has 2 amide bonds. The van der Waals surface area contributed by atoms with Crippen molar-refractivity contribution in [2.75, 3.05) is 18.5 Å². The van der Waals surface area contributed by atoms with Gasteiger partial charge in [-0.2, -0.15) is 0 Å². The number of ether oxygens (including phenoxy) is 1. The summed E-state index contributed by atoms with van der Waals surface area (Å²) in [7, 11) is 0. The number of anilines is 1. The number of nitrogens with zero attached hydrogens (tertiary/aromatic N) is 1. The zero-order valence-corrected chi connectivity index (χ0v) is 15.9. The summed E-state index contributed by atoms with van der Waals surface area (Å²) in [6.07, 6.45) is 0. The Morgan fingerprint density at radius 1 is 0.900 bits per heavy atom. The normalized spacial score (nSPS) is 10.1. The molecule has 0 aliphatic heterocycles. The highest BCUT2D eigenvalue weighted by Crippen LogP contribution is 2.18. The summed E-state index contributed by atoms with van der Waals surface area (Å²) >= 11 is 0. The molecule has 0 unspecified atom stereocenters. The molecule has 2 N–H and O–H groups in total. The van der Waals surface area contributed by atoms with Gasteiger partial charge in [-0.3, -0.25) is 19.7 Å². The van der Waals surface area contributed by atoms with Gasteiger partial charge in [0.2, 0.25) is 0 Å². The number of non-ortho nitro benzene ring substituents is 1. The number of nitro benzene ring substituents is 1. The van der Waals surface area contributed by atoms with Gasteiger partial charge in [0.25, 0.3) is 17.5 Å². The fraction of sp³-hybridized carbons (Fsp3) is 0.0909. The van der Waals surface area contributed by atoms with Crippen molar-refractivity contribution < 1.29 is 19.2 Å². The van der Waals surface area contributed by atoms with Crippen molar-refractivity contribution in [1.29, 1.82) is 0 Å². The van der Waals surface area contributed by atoms with E-state index in [0.717, 1.165) is 0 Å². The lowest BCUT2D eigenvalue weighted by molar-refractivity contribution is -0.384. The lowest BCUT2D eigenvalue weighted by Crippen LogP contribution is -2.29. The molecule has 0 saturated carbocycles. The predicted octanol–water partition coefficient (Wildman–Crippen LogP) is 3.66. The lowest BCUT2D eigenvalue weighted by atomic mass is 10.1. The van der Waals surface area contributed by atoms with Crippen LogP contribution in [-0.2, 0) is 0 Å². The van der Waals surface area contributed by atoms with Crippen LogP contribution in [0.5, 0.6) is 5.75 Å². The van der Waals surface area contributed by atoms with E-state index in [-0.39, 0.29) is 35.9 Å². The minimum absolute atomic E-state index is 0.121. The van der Waals surface area contributed by atoms with Gasteiger partial charge in [-0.05, 0) is 30.3 Å². The number of amides is 2. The fourth-order valence-corrected chi connectivity index (χ4v) is 2.69. The number of nitro groups is 1. The first-order chi connectivity index (χ1) is 14.5. The number of hydrogen-bond donors (Lipinski definition) is 2. The van der Waals surface area contributed by atoms with Crippen LogP contribution in [0.4, 0.5) is 11.4 Å². The van der Waals surface area contributed by atoms with Gasteiger partial charge in [0.05, 0.1) is 22.7 Å². The topological polar surface area (TPSA) is 111 Å². The van der Waals surface area contributed by atoms with E-state index in [4.69, 9.17) is 4.74 Å². The zero-order valence-electron chi connectivity index (χ0n) is 15.9. The quantitative estimate of drug-likeness (QED) is 0.338. The van der Waals surface area contributed by atoms with Gasteiger partial charge in [0, 0.05) is 17.7 Å². The standard InChI is InChI=1S/C22H19N3O5/c26-21(16-7-6-8-17(15-16)25(28)29)24-20-12-5-4-11-19(20)22(27)23-13-14-30-18-9-2-1-3-10-18/h1-12,15H,13-14H2,(H,23,27)(H,24,26). The number of para-hydroxylation sites is 2. The maximum atomic E-state index is 12.5. The van der Waals surface area contributed by atoms with Crippen molar-refractivity contribution in [3.63, 3.8) is 0 Å². The number of carbonyl (C=O) groups excluding carboxylic acids is 2. The van der Waals surface area contributed by atoms with Crippen LogP contribution < -0.4 is 15.4 Å². The Bertz CT molecular complexity index is 1050. The first-order valence-electron chi connectivity index (χ1n) is 9.15. The van der Waals surface area contributed by atoms with Crippen LogP contribution in [0.2, 0.25) is 0 Å². The minimum atomic E-state index is -0.574. The van der Waals surface area contributed by atoms with Crippen LogP contribution in [0.1, 0.15) is 20.7 Å². The summed E-state index contributed by atoms with van der Waals surface area (Å²) in [6.45, 7) is 0.568. The molecule has 152 valence electrons. The number of carbonyl (C=O) groups is 2. The van der Waals surface area contributed by atoms with E-state index < -0.39 is 10.8 Å². The third-order valence-corrected chi connectivity index (χ3v) is 4.14. The maximum Gasteiger partial charge on any atom is 0.270 e. The maximum absolute atomic E-state index is 12.5. The lowest BCUT2D eigenvalue weighted by Gasteiger charge is -2.12. The fourth-order valence-electron chi connectivity index (χ4n) is 2.69. The minimum Gasteiger partial charge on any atom is -0.492 e. The molecule has 0 fully saturated rings. The van der Waals surface area contributed by atoms with Gasteiger partial charge >= 0.3 is 0 Å². The Morgan fingerprint density at radius 3 is 2.40 bits per heavy atom. The molecule has 8 nitrogen and oxygen atoms in total. The zero-order chi connectivity index (χ0) is 21.3. The van der Waals surface area contributed by atoms with E-state index in [1.807, 2.05) is 30.3 Å². The molecule has 0 radical (unpaired) electrons. The summed E-state index contributed by atoms with van der Waals surface area (Å²) in [5, 5.41) is 16.3. The van der Waals surface area contributed by atoms with Crippen molar-refractivity contribution in [2.24, 2.45) is 0 Å². The molecule has 8 heteroatoms. The Hall–Kier alpha value is -4.20. The van der Waals surface area contributed by atoms with Crippen LogP contribution in [0, 0.1) is 10.1 Å². The summed E-state index contributed by atoms with van der Waals surface area (Å²) in [5.41, 5.74) is 0.509. The number of hydrogen-bond acceptors (Lipinski definition) is 5. The van der Waals surface area contributed by atoms with Gasteiger partial charge in [-0.15, -0.1) is 0 Å². The Kier molecular flexibility index (Phi) is 6.73. The second kappa shape index (κ2) is 9.83. The first kappa shape index (κ1) is 20.5. The highest BCUT2D eigenvalue weighted by atomic mass is 16.6. The van der Waals surface area contributed by atoms with Crippen LogP contribution in [0.25, 0.3) is 0 Å². The molecule has 0 aliphatic carbocycles. The molecule has 0 aliphatic rings. The number of rotatable bonds is 8. The van der Waals surface area contributed by atoms with E-state index in [9.17, 15) is 19.7 Å². The molecule has 30 heavy (non-hydrogen) atoms. The molecule has 0 atom stereocenters. The first-order valence-corrected chi connectivity index (χ1v) is 9.15. The molecule has 3 rings (SSSR count). The summed E-state index contributed by atoms with van der Waals surface area (Å²) in [6, 6.07) is 21.1. The van der Waals surface area contributed by atoms with Crippen LogP contribution in [0.15, 0.2) is 78.9 Å². The molecule has 3 aromatic carbocycles. The van der Waals surface area contributed by atoms with Crippen molar-refractivity contribution in [3.05, 3.63) is 100 Å². The van der Waals surface area contributed by atoms with Gasteiger partial charge < -0.3 is 15.4 Å².